The Morgan fingerprint density at radius 1 is 1.69 bits per heavy atom. The van der Waals surface area contributed by atoms with Crippen LogP contribution in [0.2, 0.25) is 0 Å². The van der Waals surface area contributed by atoms with Gasteiger partial charge in [-0.1, -0.05) is 12.5 Å². The first-order valence-electron chi connectivity index (χ1n) is 5.93. The molecular weight excluding hydrogens is 204 g/mol. The number of carbonyl (C=O) groups excluding carboxylic acids is 1. The number of hydrogen-bond donors (Lipinski definition) is 2. The van der Waals surface area contributed by atoms with E-state index in [1.165, 1.54) is 0 Å². The summed E-state index contributed by atoms with van der Waals surface area (Å²) >= 11 is 0. The molecule has 1 aliphatic rings. The summed E-state index contributed by atoms with van der Waals surface area (Å²) in [5, 5.41) is 2.73. The van der Waals surface area contributed by atoms with E-state index < -0.39 is 6.10 Å². The van der Waals surface area contributed by atoms with Crippen LogP contribution in [-0.2, 0) is 9.53 Å². The lowest BCUT2D eigenvalue weighted by Crippen LogP contribution is -2.38. The highest BCUT2D eigenvalue weighted by atomic mass is 16.5. The molecule has 16 heavy (non-hydrogen) atoms. The monoisotopic (exact) mass is 226 g/mol. The summed E-state index contributed by atoms with van der Waals surface area (Å²) in [6.45, 7) is 6.46. The van der Waals surface area contributed by atoms with Gasteiger partial charge in [0.25, 0.3) is 0 Å². The first-order chi connectivity index (χ1) is 7.69. The average molecular weight is 226 g/mol. The van der Waals surface area contributed by atoms with Crippen molar-refractivity contribution in [3.05, 3.63) is 12.7 Å². The Bertz CT molecular complexity index is 243. The van der Waals surface area contributed by atoms with Crippen molar-refractivity contribution in [1.82, 2.24) is 5.32 Å². The molecule has 3 N–H and O–H groups in total. The summed E-state index contributed by atoms with van der Waals surface area (Å²) in [5.41, 5.74) is 5.66. The van der Waals surface area contributed by atoms with Gasteiger partial charge in [0.2, 0.25) is 5.91 Å². The Hall–Kier alpha value is -0.870. The Balaban J connectivity index is 2.34. The van der Waals surface area contributed by atoms with Gasteiger partial charge >= 0.3 is 0 Å². The van der Waals surface area contributed by atoms with Crippen LogP contribution in [0.25, 0.3) is 0 Å². The Kier molecular flexibility index (Phi) is 5.49. The normalized spacial score (nSPS) is 26.4. The number of nitrogens with two attached hydrogens (primary N) is 1. The Labute approximate surface area is 97.2 Å². The molecule has 92 valence electrons. The highest BCUT2D eigenvalue weighted by Crippen LogP contribution is 2.28. The molecule has 0 bridgehead atoms. The molecule has 0 aliphatic heterocycles. The van der Waals surface area contributed by atoms with Crippen LogP contribution < -0.4 is 11.1 Å². The van der Waals surface area contributed by atoms with Crippen LogP contribution in [0, 0.1) is 5.92 Å². The van der Waals surface area contributed by atoms with E-state index in [2.05, 4.69) is 11.9 Å². The zero-order valence-electron chi connectivity index (χ0n) is 9.95. The Morgan fingerprint density at radius 3 is 3.06 bits per heavy atom. The van der Waals surface area contributed by atoms with Gasteiger partial charge in [0.15, 0.2) is 0 Å². The van der Waals surface area contributed by atoms with Gasteiger partial charge in [-0.05, 0) is 32.2 Å². The van der Waals surface area contributed by atoms with Gasteiger partial charge < -0.3 is 15.8 Å². The van der Waals surface area contributed by atoms with E-state index in [4.69, 9.17) is 10.5 Å². The summed E-state index contributed by atoms with van der Waals surface area (Å²) in [6, 6.07) is 0. The zero-order valence-corrected chi connectivity index (χ0v) is 9.95. The van der Waals surface area contributed by atoms with Crippen molar-refractivity contribution in [3.8, 4) is 0 Å². The SMILES string of the molecule is C=CCNC(=O)C(C)OC1CCCC1CN. The molecule has 1 aliphatic carbocycles. The molecule has 0 aromatic heterocycles. The lowest BCUT2D eigenvalue weighted by atomic mass is 10.1. The lowest BCUT2D eigenvalue weighted by Gasteiger charge is -2.22. The fourth-order valence-electron chi connectivity index (χ4n) is 2.09. The molecular formula is C12H22N2O2. The highest BCUT2D eigenvalue weighted by Gasteiger charge is 2.29. The van der Waals surface area contributed by atoms with Crippen LogP contribution in [-0.4, -0.2) is 31.2 Å². The number of ether oxygens (including phenoxy) is 1. The maximum Gasteiger partial charge on any atom is 0.249 e. The van der Waals surface area contributed by atoms with Crippen LogP contribution >= 0.6 is 0 Å². The molecule has 0 heterocycles. The molecule has 0 radical (unpaired) electrons. The lowest BCUT2D eigenvalue weighted by molar-refractivity contribution is -0.136. The molecule has 4 nitrogen and oxygen atoms in total. The van der Waals surface area contributed by atoms with E-state index >= 15 is 0 Å². The average Bonchev–Trinajstić information content (AvgIpc) is 2.72. The zero-order chi connectivity index (χ0) is 12.0. The first kappa shape index (κ1) is 13.2. The van der Waals surface area contributed by atoms with Crippen molar-refractivity contribution < 1.29 is 9.53 Å². The largest absolute Gasteiger partial charge is 0.365 e. The Morgan fingerprint density at radius 2 is 2.44 bits per heavy atom. The summed E-state index contributed by atoms with van der Waals surface area (Å²) in [4.78, 5) is 11.6. The third-order valence-electron chi connectivity index (χ3n) is 3.06. The minimum absolute atomic E-state index is 0.0810. The second-order valence-electron chi connectivity index (χ2n) is 4.28. The van der Waals surface area contributed by atoms with Crippen LogP contribution in [0.15, 0.2) is 12.7 Å². The van der Waals surface area contributed by atoms with Gasteiger partial charge in [0.1, 0.15) is 6.10 Å². The third-order valence-corrected chi connectivity index (χ3v) is 3.06. The summed E-state index contributed by atoms with van der Waals surface area (Å²) < 4.78 is 5.75. The van der Waals surface area contributed by atoms with Gasteiger partial charge in [-0.15, -0.1) is 6.58 Å². The molecule has 0 saturated heterocycles. The van der Waals surface area contributed by atoms with E-state index in [1.807, 2.05) is 0 Å². The van der Waals surface area contributed by atoms with Crippen molar-refractivity contribution in [2.24, 2.45) is 11.7 Å². The second-order valence-corrected chi connectivity index (χ2v) is 4.28. The van der Waals surface area contributed by atoms with Crippen LogP contribution in [0.1, 0.15) is 26.2 Å². The number of carbonyl (C=O) groups is 1. The molecule has 0 spiro atoms. The molecule has 1 amide bonds. The first-order valence-corrected chi connectivity index (χ1v) is 5.93. The molecule has 1 rings (SSSR count). The number of hydrogen-bond acceptors (Lipinski definition) is 3. The topological polar surface area (TPSA) is 64.3 Å². The summed E-state index contributed by atoms with van der Waals surface area (Å²) in [6.07, 6.45) is 4.67. The molecule has 3 atom stereocenters. The number of amides is 1. The van der Waals surface area contributed by atoms with E-state index in [0.29, 0.717) is 19.0 Å². The molecule has 1 saturated carbocycles. The van der Waals surface area contributed by atoms with Gasteiger partial charge in [-0.2, -0.15) is 0 Å². The van der Waals surface area contributed by atoms with Gasteiger partial charge in [-0.3, -0.25) is 4.79 Å². The van der Waals surface area contributed by atoms with Gasteiger partial charge in [-0.25, -0.2) is 0 Å². The highest BCUT2D eigenvalue weighted by molar-refractivity contribution is 5.80. The summed E-state index contributed by atoms with van der Waals surface area (Å²) in [5.74, 6) is 0.331. The summed E-state index contributed by atoms with van der Waals surface area (Å²) in [7, 11) is 0. The van der Waals surface area contributed by atoms with Crippen molar-refractivity contribution in [3.63, 3.8) is 0 Å². The third kappa shape index (κ3) is 3.61. The van der Waals surface area contributed by atoms with E-state index in [-0.39, 0.29) is 12.0 Å². The maximum atomic E-state index is 11.6. The smallest absolute Gasteiger partial charge is 0.249 e. The van der Waals surface area contributed by atoms with E-state index in [0.717, 1.165) is 19.3 Å². The van der Waals surface area contributed by atoms with Gasteiger partial charge in [0.05, 0.1) is 6.10 Å². The molecule has 0 aromatic rings. The van der Waals surface area contributed by atoms with Crippen LogP contribution in [0.3, 0.4) is 0 Å². The fraction of sp³-hybridized carbons (Fsp3) is 0.750. The van der Waals surface area contributed by atoms with E-state index in [1.54, 1.807) is 13.0 Å². The van der Waals surface area contributed by atoms with Crippen molar-refractivity contribution >= 4 is 5.91 Å². The predicted molar refractivity (Wildman–Crippen MR) is 63.9 cm³/mol. The number of rotatable bonds is 6. The minimum atomic E-state index is -0.405. The van der Waals surface area contributed by atoms with Crippen molar-refractivity contribution in [2.45, 2.75) is 38.4 Å². The maximum absolute atomic E-state index is 11.6. The van der Waals surface area contributed by atoms with Gasteiger partial charge in [0, 0.05) is 6.54 Å². The van der Waals surface area contributed by atoms with E-state index in [9.17, 15) is 4.79 Å². The molecule has 1 fully saturated rings. The second kappa shape index (κ2) is 6.66. The number of nitrogens with one attached hydrogen (secondary N) is 1. The molecule has 0 aromatic carbocycles. The molecule has 3 unspecified atom stereocenters. The van der Waals surface area contributed by atoms with Crippen LogP contribution in [0.5, 0.6) is 0 Å². The van der Waals surface area contributed by atoms with Crippen molar-refractivity contribution in [1.29, 1.82) is 0 Å². The molecule has 4 heteroatoms. The quantitative estimate of drug-likeness (QED) is 0.659. The van der Waals surface area contributed by atoms with Crippen molar-refractivity contribution in [2.75, 3.05) is 13.1 Å². The van der Waals surface area contributed by atoms with Crippen LogP contribution in [0.4, 0.5) is 0 Å². The fourth-order valence-corrected chi connectivity index (χ4v) is 2.09. The standard InChI is InChI=1S/C12H22N2O2/c1-3-7-14-12(15)9(2)16-11-6-4-5-10(11)8-13/h3,9-11H,1,4-8,13H2,2H3,(H,14,15). The predicted octanol–water partition coefficient (Wildman–Crippen LogP) is 0.821. The minimum Gasteiger partial charge on any atom is -0.365 e.